The maximum atomic E-state index is 13.1. The van der Waals surface area contributed by atoms with Crippen LogP contribution in [-0.2, 0) is 20.8 Å². The quantitative estimate of drug-likeness (QED) is 0.345. The van der Waals surface area contributed by atoms with Gasteiger partial charge in [0.1, 0.15) is 17.6 Å². The van der Waals surface area contributed by atoms with Crippen LogP contribution in [0.15, 0.2) is 18.2 Å². The summed E-state index contributed by atoms with van der Waals surface area (Å²) in [7, 11) is 1.62. The SMILES string of the molecule is COc1ccc2[nH]c(C)c(CC(=O)NC(CCCCCC(C)=O)C(=O)NCCN3CCCCC3)c2c1. The molecule has 8 nitrogen and oxygen atoms in total. The zero-order valence-corrected chi connectivity index (χ0v) is 22.1. The van der Waals surface area contributed by atoms with Crippen molar-refractivity contribution in [2.45, 2.75) is 77.7 Å². The van der Waals surface area contributed by atoms with Gasteiger partial charge in [-0.2, -0.15) is 0 Å². The Bertz CT molecular complexity index is 1030. The molecular formula is C28H42N4O4. The van der Waals surface area contributed by atoms with Gasteiger partial charge >= 0.3 is 0 Å². The van der Waals surface area contributed by atoms with E-state index in [1.54, 1.807) is 14.0 Å². The minimum atomic E-state index is -0.587. The van der Waals surface area contributed by atoms with Crippen LogP contribution < -0.4 is 15.4 Å². The number of unbranched alkanes of at least 4 members (excludes halogenated alkanes) is 2. The number of Topliss-reactive ketones (excluding diaryl/α,β-unsaturated/α-hetero) is 1. The van der Waals surface area contributed by atoms with Crippen molar-refractivity contribution >= 4 is 28.5 Å². The molecule has 1 aliphatic heterocycles. The molecule has 2 amide bonds. The van der Waals surface area contributed by atoms with Crippen LogP contribution in [-0.4, -0.2) is 66.8 Å². The second-order valence-electron chi connectivity index (χ2n) is 9.93. The highest BCUT2D eigenvalue weighted by Gasteiger charge is 2.22. The number of aromatic amines is 1. The van der Waals surface area contributed by atoms with Crippen molar-refractivity contribution in [3.05, 3.63) is 29.5 Å². The molecule has 1 aromatic heterocycles. The van der Waals surface area contributed by atoms with Crippen molar-refractivity contribution in [2.75, 3.05) is 33.3 Å². The number of fused-ring (bicyclic) bond motifs is 1. The first-order valence-electron chi connectivity index (χ1n) is 13.3. The lowest BCUT2D eigenvalue weighted by atomic mass is 10.0. The second kappa shape index (κ2) is 14.0. The maximum absolute atomic E-state index is 13.1. The average molecular weight is 499 g/mol. The Morgan fingerprint density at radius 3 is 2.61 bits per heavy atom. The van der Waals surface area contributed by atoms with Crippen molar-refractivity contribution in [1.82, 2.24) is 20.5 Å². The van der Waals surface area contributed by atoms with Crippen molar-refractivity contribution in [2.24, 2.45) is 0 Å². The number of ether oxygens (including phenoxy) is 1. The summed E-state index contributed by atoms with van der Waals surface area (Å²) in [4.78, 5) is 43.1. The smallest absolute Gasteiger partial charge is 0.242 e. The number of rotatable bonds is 14. The van der Waals surface area contributed by atoms with E-state index >= 15 is 0 Å². The Labute approximate surface area is 214 Å². The van der Waals surface area contributed by atoms with Crippen LogP contribution in [0.25, 0.3) is 10.9 Å². The number of carbonyl (C=O) groups is 3. The summed E-state index contributed by atoms with van der Waals surface area (Å²) in [6.45, 7) is 7.14. The fourth-order valence-electron chi connectivity index (χ4n) is 4.93. The molecule has 0 aliphatic carbocycles. The number of methoxy groups -OCH3 is 1. The van der Waals surface area contributed by atoms with Gasteiger partial charge in [-0.25, -0.2) is 0 Å². The number of aryl methyl sites for hydroxylation is 1. The number of carbonyl (C=O) groups excluding carboxylic acids is 3. The second-order valence-corrected chi connectivity index (χ2v) is 9.93. The molecule has 1 fully saturated rings. The highest BCUT2D eigenvalue weighted by Crippen LogP contribution is 2.26. The largest absolute Gasteiger partial charge is 0.497 e. The van der Waals surface area contributed by atoms with Crippen LogP contribution in [0.4, 0.5) is 0 Å². The lowest BCUT2D eigenvalue weighted by Crippen LogP contribution is -2.48. The number of hydrogen-bond acceptors (Lipinski definition) is 5. The predicted molar refractivity (Wildman–Crippen MR) is 142 cm³/mol. The molecule has 2 heterocycles. The fraction of sp³-hybridized carbons (Fsp3) is 0.607. The summed E-state index contributed by atoms with van der Waals surface area (Å²) in [5.74, 6) is 0.603. The number of piperidine rings is 1. The van der Waals surface area contributed by atoms with Gasteiger partial charge in [0.25, 0.3) is 0 Å². The van der Waals surface area contributed by atoms with Crippen molar-refractivity contribution < 1.29 is 19.1 Å². The van der Waals surface area contributed by atoms with E-state index in [0.29, 0.717) is 19.4 Å². The molecule has 3 rings (SSSR count). The number of aromatic nitrogens is 1. The molecule has 0 spiro atoms. The van der Waals surface area contributed by atoms with Gasteiger partial charge in [-0.1, -0.05) is 19.3 Å². The number of amides is 2. The van der Waals surface area contributed by atoms with Crippen LogP contribution in [0.3, 0.4) is 0 Å². The lowest BCUT2D eigenvalue weighted by Gasteiger charge is -2.27. The van der Waals surface area contributed by atoms with E-state index in [0.717, 1.165) is 66.8 Å². The molecule has 1 saturated heterocycles. The van der Waals surface area contributed by atoms with Crippen LogP contribution in [0.5, 0.6) is 5.75 Å². The van der Waals surface area contributed by atoms with Gasteiger partial charge in [-0.05, 0) is 76.4 Å². The molecule has 2 aromatic rings. The number of likely N-dealkylation sites (tertiary alicyclic amines) is 1. The number of nitrogens with one attached hydrogen (secondary N) is 3. The Morgan fingerprint density at radius 1 is 1.11 bits per heavy atom. The number of benzene rings is 1. The minimum absolute atomic E-state index is 0.135. The third-order valence-electron chi connectivity index (χ3n) is 7.01. The van der Waals surface area contributed by atoms with Crippen molar-refractivity contribution in [1.29, 1.82) is 0 Å². The summed E-state index contributed by atoms with van der Waals surface area (Å²) in [5, 5.41) is 6.98. The molecular weight excluding hydrogens is 456 g/mol. The first-order valence-corrected chi connectivity index (χ1v) is 13.3. The molecule has 0 bridgehead atoms. The standard InChI is InChI=1S/C28H42N4O4/c1-20(33)10-6-4-7-11-26(28(35)29-14-17-32-15-8-5-9-16-32)31-27(34)19-23-21(2)30-25-13-12-22(36-3)18-24(23)25/h12-13,18,26,30H,4-11,14-17,19H2,1-3H3,(H,29,35)(H,31,34). The summed E-state index contributed by atoms with van der Waals surface area (Å²) in [6.07, 6.45) is 7.45. The van der Waals surface area contributed by atoms with Gasteiger partial charge in [0.05, 0.1) is 13.5 Å². The monoisotopic (exact) mass is 498 g/mol. The first-order chi connectivity index (χ1) is 17.4. The molecule has 1 aromatic carbocycles. The van der Waals surface area contributed by atoms with E-state index < -0.39 is 6.04 Å². The zero-order valence-electron chi connectivity index (χ0n) is 22.1. The molecule has 198 valence electrons. The number of ketones is 1. The molecule has 8 heteroatoms. The summed E-state index contributed by atoms with van der Waals surface area (Å²) in [6, 6.07) is 5.18. The maximum Gasteiger partial charge on any atom is 0.242 e. The summed E-state index contributed by atoms with van der Waals surface area (Å²) in [5.41, 5.74) is 2.79. The van der Waals surface area contributed by atoms with Gasteiger partial charge in [0.15, 0.2) is 0 Å². The van der Waals surface area contributed by atoms with Gasteiger partial charge in [0.2, 0.25) is 11.8 Å². The van der Waals surface area contributed by atoms with E-state index in [2.05, 4.69) is 20.5 Å². The van der Waals surface area contributed by atoms with E-state index in [4.69, 9.17) is 4.74 Å². The van der Waals surface area contributed by atoms with Gasteiger partial charge < -0.3 is 30.0 Å². The van der Waals surface area contributed by atoms with E-state index in [9.17, 15) is 14.4 Å². The summed E-state index contributed by atoms with van der Waals surface area (Å²) < 4.78 is 5.36. The Balaban J connectivity index is 1.60. The predicted octanol–water partition coefficient (Wildman–Crippen LogP) is 3.65. The van der Waals surface area contributed by atoms with Crippen LogP contribution in [0.1, 0.15) is 69.5 Å². The Kier molecular flexibility index (Phi) is 10.8. The fourth-order valence-corrected chi connectivity index (χ4v) is 4.93. The van der Waals surface area contributed by atoms with E-state index in [-0.39, 0.29) is 24.0 Å². The zero-order chi connectivity index (χ0) is 25.9. The molecule has 36 heavy (non-hydrogen) atoms. The summed E-state index contributed by atoms with van der Waals surface area (Å²) >= 11 is 0. The highest BCUT2D eigenvalue weighted by atomic mass is 16.5. The molecule has 1 atom stereocenters. The normalized spacial score (nSPS) is 15.0. The number of nitrogens with zero attached hydrogens (tertiary/aromatic N) is 1. The van der Waals surface area contributed by atoms with Gasteiger partial charge in [-0.3, -0.25) is 9.59 Å². The van der Waals surface area contributed by atoms with Crippen molar-refractivity contribution in [3.8, 4) is 5.75 Å². The highest BCUT2D eigenvalue weighted by molar-refractivity contribution is 5.93. The molecule has 1 unspecified atom stereocenters. The third-order valence-corrected chi connectivity index (χ3v) is 7.01. The molecule has 1 aliphatic rings. The van der Waals surface area contributed by atoms with Gasteiger partial charge in [-0.15, -0.1) is 0 Å². The first kappa shape index (κ1) is 27.7. The van der Waals surface area contributed by atoms with E-state index in [1.165, 1.54) is 19.3 Å². The third kappa shape index (κ3) is 8.36. The Hall–Kier alpha value is -2.87. The number of H-pyrrole nitrogens is 1. The minimum Gasteiger partial charge on any atom is -0.497 e. The molecule has 0 radical (unpaired) electrons. The van der Waals surface area contributed by atoms with Gasteiger partial charge in [0, 0.05) is 36.1 Å². The molecule has 0 saturated carbocycles. The van der Waals surface area contributed by atoms with Crippen LogP contribution in [0, 0.1) is 6.92 Å². The van der Waals surface area contributed by atoms with Crippen LogP contribution >= 0.6 is 0 Å². The van der Waals surface area contributed by atoms with Crippen molar-refractivity contribution in [3.63, 3.8) is 0 Å². The molecule has 3 N–H and O–H groups in total. The lowest BCUT2D eigenvalue weighted by molar-refractivity contribution is -0.129. The Morgan fingerprint density at radius 2 is 1.89 bits per heavy atom. The average Bonchev–Trinajstić information content (AvgIpc) is 3.17. The van der Waals surface area contributed by atoms with E-state index in [1.807, 2.05) is 25.1 Å². The topological polar surface area (TPSA) is 104 Å². The van der Waals surface area contributed by atoms with Crippen LogP contribution in [0.2, 0.25) is 0 Å². The number of hydrogen-bond donors (Lipinski definition) is 3.